The Morgan fingerprint density at radius 3 is 2.43 bits per heavy atom. The molecule has 28 heavy (non-hydrogen) atoms. The van der Waals surface area contributed by atoms with E-state index in [1.807, 2.05) is 12.1 Å². The van der Waals surface area contributed by atoms with Crippen molar-refractivity contribution in [3.63, 3.8) is 0 Å². The Labute approximate surface area is 170 Å². The zero-order chi connectivity index (χ0) is 20.3. The van der Waals surface area contributed by atoms with Gasteiger partial charge in [0.05, 0.1) is 4.92 Å². The summed E-state index contributed by atoms with van der Waals surface area (Å²) in [5.74, 6) is 1.70. The predicted molar refractivity (Wildman–Crippen MR) is 116 cm³/mol. The van der Waals surface area contributed by atoms with Gasteiger partial charge in [0.2, 0.25) is 0 Å². The van der Waals surface area contributed by atoms with Crippen LogP contribution in [0.5, 0.6) is 0 Å². The number of rotatable bonds is 7. The van der Waals surface area contributed by atoms with Gasteiger partial charge in [-0.2, -0.15) is 0 Å². The third-order valence-corrected chi connectivity index (χ3v) is 7.08. The number of anilines is 1. The molecule has 2 fully saturated rings. The number of nitrogens with one attached hydrogen (secondary N) is 1. The molecule has 3 unspecified atom stereocenters. The van der Waals surface area contributed by atoms with Crippen LogP contribution in [0.4, 0.5) is 11.4 Å². The van der Waals surface area contributed by atoms with Crippen molar-refractivity contribution in [2.24, 2.45) is 11.8 Å². The first-order valence-corrected chi connectivity index (χ1v) is 11.1. The van der Waals surface area contributed by atoms with Gasteiger partial charge < -0.3 is 5.32 Å². The maximum atomic E-state index is 11.3. The third kappa shape index (κ3) is 4.86. The molecule has 0 bridgehead atoms. The van der Waals surface area contributed by atoms with Gasteiger partial charge in [-0.15, -0.1) is 0 Å². The molecule has 3 atom stereocenters. The van der Waals surface area contributed by atoms with Crippen molar-refractivity contribution in [3.8, 4) is 0 Å². The Hall–Kier alpha value is -1.62. The molecule has 0 spiro atoms. The van der Waals surface area contributed by atoms with Crippen LogP contribution in [-0.2, 0) is 0 Å². The van der Waals surface area contributed by atoms with E-state index < -0.39 is 0 Å². The summed E-state index contributed by atoms with van der Waals surface area (Å²) < 4.78 is 0. The molecule has 1 heterocycles. The molecule has 1 aliphatic heterocycles. The molecule has 0 amide bonds. The van der Waals surface area contributed by atoms with Crippen LogP contribution < -0.4 is 5.32 Å². The van der Waals surface area contributed by atoms with Gasteiger partial charge >= 0.3 is 0 Å². The second-order valence-corrected chi connectivity index (χ2v) is 9.40. The Bertz CT molecular complexity index is 655. The first-order chi connectivity index (χ1) is 13.4. The van der Waals surface area contributed by atoms with Crippen LogP contribution >= 0.6 is 0 Å². The first-order valence-electron chi connectivity index (χ1n) is 11.1. The lowest BCUT2D eigenvalue weighted by molar-refractivity contribution is -0.384. The number of benzene rings is 1. The number of likely N-dealkylation sites (tertiary alicyclic amines) is 1. The number of nitrogens with zero attached hydrogens (tertiary/aromatic N) is 2. The number of hydrogen-bond donors (Lipinski definition) is 1. The minimum atomic E-state index is -0.299. The van der Waals surface area contributed by atoms with E-state index >= 15 is 0 Å². The first kappa shape index (κ1) is 21.1. The minimum Gasteiger partial charge on any atom is -0.377 e. The second-order valence-electron chi connectivity index (χ2n) is 9.40. The van der Waals surface area contributed by atoms with Crippen molar-refractivity contribution in [1.29, 1.82) is 0 Å². The van der Waals surface area contributed by atoms with Gasteiger partial charge in [0, 0.05) is 30.2 Å². The lowest BCUT2D eigenvalue weighted by Crippen LogP contribution is -2.46. The highest BCUT2D eigenvalue weighted by Crippen LogP contribution is 2.38. The van der Waals surface area contributed by atoms with E-state index in [1.165, 1.54) is 38.5 Å². The van der Waals surface area contributed by atoms with Crippen LogP contribution in [0.2, 0.25) is 0 Å². The highest BCUT2D eigenvalue weighted by Gasteiger charge is 2.38. The quantitative estimate of drug-likeness (QED) is 0.471. The predicted octanol–water partition coefficient (Wildman–Crippen LogP) is 5.85. The topological polar surface area (TPSA) is 58.4 Å². The van der Waals surface area contributed by atoms with Crippen LogP contribution in [0.25, 0.3) is 0 Å². The molecule has 2 aliphatic rings. The molecule has 0 radical (unpaired) electrons. The monoisotopic (exact) mass is 387 g/mol. The number of hydrogen-bond acceptors (Lipinski definition) is 4. The average molecular weight is 388 g/mol. The summed E-state index contributed by atoms with van der Waals surface area (Å²) in [6, 6.07) is 9.15. The Morgan fingerprint density at radius 2 is 1.79 bits per heavy atom. The molecule has 1 aliphatic carbocycles. The Balaban J connectivity index is 1.61. The van der Waals surface area contributed by atoms with Gasteiger partial charge in [-0.05, 0) is 76.7 Å². The normalized spacial score (nSPS) is 29.8. The van der Waals surface area contributed by atoms with E-state index in [0.717, 1.165) is 24.3 Å². The van der Waals surface area contributed by atoms with E-state index in [0.29, 0.717) is 17.8 Å². The number of nitro benzene ring substituents is 1. The lowest BCUT2D eigenvalue weighted by atomic mass is 9.79. The number of nitro groups is 1. The van der Waals surface area contributed by atoms with Gasteiger partial charge in [-0.1, -0.05) is 26.0 Å². The van der Waals surface area contributed by atoms with Crippen LogP contribution in [0.1, 0.15) is 72.6 Å². The summed E-state index contributed by atoms with van der Waals surface area (Å²) in [5.41, 5.74) is 0.799. The third-order valence-electron chi connectivity index (χ3n) is 7.08. The van der Waals surface area contributed by atoms with E-state index in [-0.39, 0.29) is 16.7 Å². The van der Waals surface area contributed by atoms with Crippen LogP contribution in [0.3, 0.4) is 0 Å². The molecule has 5 heteroatoms. The maximum Gasteiger partial charge on any atom is 0.292 e. The summed E-state index contributed by atoms with van der Waals surface area (Å²) in [4.78, 5) is 13.8. The largest absolute Gasteiger partial charge is 0.377 e. The van der Waals surface area contributed by atoms with Gasteiger partial charge in [0.1, 0.15) is 5.69 Å². The summed E-state index contributed by atoms with van der Waals surface area (Å²) in [6.45, 7) is 9.27. The molecule has 1 saturated carbocycles. The highest BCUT2D eigenvalue weighted by molar-refractivity contribution is 5.61. The minimum absolute atomic E-state index is 0.165. The number of para-hydroxylation sites is 2. The van der Waals surface area contributed by atoms with E-state index in [1.54, 1.807) is 12.1 Å². The molecule has 1 saturated heterocycles. The lowest BCUT2D eigenvalue weighted by Gasteiger charge is -2.42. The van der Waals surface area contributed by atoms with Crippen LogP contribution in [0.15, 0.2) is 24.3 Å². The molecule has 1 N–H and O–H groups in total. The summed E-state index contributed by atoms with van der Waals surface area (Å²) in [5, 5.41) is 14.7. The average Bonchev–Trinajstić information content (AvgIpc) is 3.02. The fourth-order valence-corrected chi connectivity index (χ4v) is 5.54. The molecular weight excluding hydrogens is 350 g/mol. The van der Waals surface area contributed by atoms with Crippen molar-refractivity contribution in [3.05, 3.63) is 34.4 Å². The molecule has 5 nitrogen and oxygen atoms in total. The molecule has 1 aromatic rings. The summed E-state index contributed by atoms with van der Waals surface area (Å²) in [7, 11) is 0. The van der Waals surface area contributed by atoms with Crippen LogP contribution in [0, 0.1) is 22.0 Å². The van der Waals surface area contributed by atoms with Crippen molar-refractivity contribution >= 4 is 11.4 Å². The SMILES string of the molecule is CC(CC1CCC(C)N1C1CCC(C(C)C)CC1)Nc1ccccc1[N+](=O)[O-]. The smallest absolute Gasteiger partial charge is 0.292 e. The Kier molecular flexibility index (Phi) is 6.97. The van der Waals surface area contributed by atoms with Gasteiger partial charge in [0.25, 0.3) is 5.69 Å². The van der Waals surface area contributed by atoms with E-state index in [9.17, 15) is 10.1 Å². The van der Waals surface area contributed by atoms with Crippen molar-refractivity contribution in [2.45, 2.75) is 96.8 Å². The second kappa shape index (κ2) is 9.25. The van der Waals surface area contributed by atoms with E-state index in [4.69, 9.17) is 0 Å². The molecular formula is C23H37N3O2. The van der Waals surface area contributed by atoms with E-state index in [2.05, 4.69) is 37.9 Å². The van der Waals surface area contributed by atoms with Crippen molar-refractivity contribution in [1.82, 2.24) is 4.90 Å². The van der Waals surface area contributed by atoms with Gasteiger partial charge in [-0.3, -0.25) is 15.0 Å². The molecule has 0 aromatic heterocycles. The van der Waals surface area contributed by atoms with Gasteiger partial charge in [0.15, 0.2) is 0 Å². The fourth-order valence-electron chi connectivity index (χ4n) is 5.54. The highest BCUT2D eigenvalue weighted by atomic mass is 16.6. The summed E-state index contributed by atoms with van der Waals surface area (Å²) in [6.07, 6.45) is 8.94. The molecule has 156 valence electrons. The standard InChI is InChI=1S/C23H37N3O2/c1-16(2)19-10-13-20(14-11-19)25-18(4)9-12-21(25)15-17(3)24-22-7-5-6-8-23(22)26(27)28/h5-8,16-21,24H,9-15H2,1-4H3. The fraction of sp³-hybridized carbons (Fsp3) is 0.739. The zero-order valence-corrected chi connectivity index (χ0v) is 17.9. The maximum absolute atomic E-state index is 11.3. The summed E-state index contributed by atoms with van der Waals surface area (Å²) >= 11 is 0. The van der Waals surface area contributed by atoms with Gasteiger partial charge in [-0.25, -0.2) is 0 Å². The van der Waals surface area contributed by atoms with Crippen molar-refractivity contribution < 1.29 is 4.92 Å². The van der Waals surface area contributed by atoms with Crippen molar-refractivity contribution in [2.75, 3.05) is 5.32 Å². The Morgan fingerprint density at radius 1 is 1.11 bits per heavy atom. The van der Waals surface area contributed by atoms with Crippen LogP contribution in [-0.4, -0.2) is 34.0 Å². The molecule has 1 aromatic carbocycles. The molecule has 3 rings (SSSR count). The zero-order valence-electron chi connectivity index (χ0n) is 17.9.